The van der Waals surface area contributed by atoms with E-state index in [1.165, 1.54) is 18.4 Å². The van der Waals surface area contributed by atoms with Crippen molar-refractivity contribution in [3.05, 3.63) is 49.1 Å². The molecule has 0 aliphatic heterocycles. The molecule has 0 heteroatoms. The van der Waals surface area contributed by atoms with Crippen LogP contribution < -0.4 is 0 Å². The molecule has 1 saturated carbocycles. The lowest BCUT2D eigenvalue weighted by atomic mass is 10.0. The largest absolute Gasteiger partial charge is 0.103 e. The predicted octanol–water partition coefficient (Wildman–Crippen LogP) is 4.67. The Hall–Kier alpha value is -1.04. The molecule has 2 atom stereocenters. The van der Waals surface area contributed by atoms with Gasteiger partial charge in [-0.25, -0.2) is 0 Å². The maximum absolute atomic E-state index is 3.99. The normalized spacial score (nSPS) is 26.9. The molecular formula is C15H22. The molecule has 15 heavy (non-hydrogen) atoms. The Bertz CT molecular complexity index is 268. The van der Waals surface area contributed by atoms with E-state index in [1.54, 1.807) is 0 Å². The fourth-order valence-electron chi connectivity index (χ4n) is 2.10. The second kappa shape index (κ2) is 6.44. The summed E-state index contributed by atoms with van der Waals surface area (Å²) in [5.74, 6) is 1.63. The molecule has 2 aliphatic carbocycles. The van der Waals surface area contributed by atoms with Gasteiger partial charge < -0.3 is 0 Å². The highest BCUT2D eigenvalue weighted by molar-refractivity contribution is 5.24. The van der Waals surface area contributed by atoms with Crippen molar-refractivity contribution in [3.8, 4) is 0 Å². The summed E-state index contributed by atoms with van der Waals surface area (Å²) >= 11 is 0. The molecule has 0 aromatic carbocycles. The Morgan fingerprint density at radius 3 is 2.53 bits per heavy atom. The first-order valence-electron chi connectivity index (χ1n) is 5.86. The summed E-state index contributed by atoms with van der Waals surface area (Å²) in [5.41, 5.74) is 1.46. The van der Waals surface area contributed by atoms with Crippen LogP contribution in [0.4, 0.5) is 0 Å². The van der Waals surface area contributed by atoms with Gasteiger partial charge in [-0.05, 0) is 44.4 Å². The Balaban J connectivity index is 0.000000153. The van der Waals surface area contributed by atoms with Crippen LogP contribution in [0.2, 0.25) is 0 Å². The number of unbranched alkanes of at least 4 members (excludes halogenated alkanes) is 1. The van der Waals surface area contributed by atoms with E-state index >= 15 is 0 Å². The lowest BCUT2D eigenvalue weighted by molar-refractivity contribution is 0.693. The molecule has 0 amide bonds. The molecule has 1 fully saturated rings. The zero-order chi connectivity index (χ0) is 11.1. The van der Waals surface area contributed by atoms with Gasteiger partial charge >= 0.3 is 0 Å². The van der Waals surface area contributed by atoms with Gasteiger partial charge in [0.2, 0.25) is 0 Å². The van der Waals surface area contributed by atoms with Gasteiger partial charge in [0.25, 0.3) is 0 Å². The van der Waals surface area contributed by atoms with E-state index in [0.29, 0.717) is 0 Å². The van der Waals surface area contributed by atoms with Crippen LogP contribution in [-0.4, -0.2) is 0 Å². The number of allylic oxidation sites excluding steroid dienone is 6. The standard InChI is InChI=1S/C8H10.C7H12/c1-6-4-7-2-3-8(6)5-7;1-3-5-7-6-4-2/h2-3,7-8H,1,4-5H2;3-4,6H,1,5,7H2,2H3. The van der Waals surface area contributed by atoms with Crippen molar-refractivity contribution in [2.45, 2.75) is 32.6 Å². The van der Waals surface area contributed by atoms with E-state index in [-0.39, 0.29) is 0 Å². The maximum atomic E-state index is 3.99. The molecule has 82 valence electrons. The van der Waals surface area contributed by atoms with Gasteiger partial charge in [-0.2, -0.15) is 0 Å². The summed E-state index contributed by atoms with van der Waals surface area (Å²) in [4.78, 5) is 0. The molecule has 0 radical (unpaired) electrons. The van der Waals surface area contributed by atoms with Crippen molar-refractivity contribution in [2.75, 3.05) is 0 Å². The molecule has 0 heterocycles. The summed E-state index contributed by atoms with van der Waals surface area (Å²) in [5, 5.41) is 0. The van der Waals surface area contributed by atoms with Crippen LogP contribution in [-0.2, 0) is 0 Å². The first kappa shape index (κ1) is 12.0. The van der Waals surface area contributed by atoms with E-state index in [0.717, 1.165) is 24.7 Å². The number of rotatable bonds is 3. The van der Waals surface area contributed by atoms with Crippen molar-refractivity contribution in [1.29, 1.82) is 0 Å². The third kappa shape index (κ3) is 3.91. The highest BCUT2D eigenvalue weighted by Gasteiger charge is 2.28. The molecule has 2 rings (SSSR count). The molecule has 2 bridgehead atoms. The van der Waals surface area contributed by atoms with Crippen LogP contribution in [0.5, 0.6) is 0 Å². The van der Waals surface area contributed by atoms with Gasteiger partial charge in [-0.3, -0.25) is 0 Å². The van der Waals surface area contributed by atoms with E-state index < -0.39 is 0 Å². The van der Waals surface area contributed by atoms with Crippen molar-refractivity contribution >= 4 is 0 Å². The molecule has 0 nitrogen and oxygen atoms in total. The van der Waals surface area contributed by atoms with Crippen LogP contribution in [0.1, 0.15) is 32.6 Å². The van der Waals surface area contributed by atoms with Crippen LogP contribution in [0.25, 0.3) is 0 Å². The Kier molecular flexibility index (Phi) is 5.17. The van der Waals surface area contributed by atoms with E-state index in [4.69, 9.17) is 0 Å². The summed E-state index contributed by atoms with van der Waals surface area (Å²) in [6.07, 6.45) is 15.6. The van der Waals surface area contributed by atoms with Crippen molar-refractivity contribution in [3.63, 3.8) is 0 Å². The quantitative estimate of drug-likeness (QED) is 0.461. The fraction of sp³-hybridized carbons (Fsp3) is 0.467. The summed E-state index contributed by atoms with van der Waals surface area (Å²) in [6, 6.07) is 0. The van der Waals surface area contributed by atoms with Crippen molar-refractivity contribution in [2.24, 2.45) is 11.8 Å². The van der Waals surface area contributed by atoms with Gasteiger partial charge in [0, 0.05) is 0 Å². The highest BCUT2D eigenvalue weighted by Crippen LogP contribution is 2.41. The summed E-state index contributed by atoms with van der Waals surface area (Å²) in [7, 11) is 0. The highest BCUT2D eigenvalue weighted by atomic mass is 14.3. The first-order chi connectivity index (χ1) is 7.27. The average molecular weight is 202 g/mol. The third-order valence-corrected chi connectivity index (χ3v) is 2.99. The van der Waals surface area contributed by atoms with Gasteiger partial charge in [-0.15, -0.1) is 6.58 Å². The lowest BCUT2D eigenvalue weighted by Crippen LogP contribution is -1.88. The Morgan fingerprint density at radius 2 is 2.20 bits per heavy atom. The Morgan fingerprint density at radius 1 is 1.40 bits per heavy atom. The molecule has 2 unspecified atom stereocenters. The minimum Gasteiger partial charge on any atom is -0.103 e. The van der Waals surface area contributed by atoms with E-state index in [1.807, 2.05) is 13.0 Å². The smallest absolute Gasteiger partial charge is 0.00199 e. The summed E-state index contributed by atoms with van der Waals surface area (Å²) in [6.45, 7) is 9.62. The monoisotopic (exact) mass is 202 g/mol. The van der Waals surface area contributed by atoms with Crippen LogP contribution in [0.3, 0.4) is 0 Å². The van der Waals surface area contributed by atoms with Gasteiger partial charge in [0.1, 0.15) is 0 Å². The average Bonchev–Trinajstić information content (AvgIpc) is 2.81. The second-order valence-electron chi connectivity index (χ2n) is 4.28. The maximum Gasteiger partial charge on any atom is -0.00199 e. The van der Waals surface area contributed by atoms with Crippen molar-refractivity contribution in [1.82, 2.24) is 0 Å². The predicted molar refractivity (Wildman–Crippen MR) is 68.7 cm³/mol. The zero-order valence-electron chi connectivity index (χ0n) is 9.78. The molecule has 0 saturated heterocycles. The lowest BCUT2D eigenvalue weighted by Gasteiger charge is -2.02. The zero-order valence-corrected chi connectivity index (χ0v) is 9.78. The topological polar surface area (TPSA) is 0 Å². The molecule has 0 N–H and O–H groups in total. The minimum atomic E-state index is 0.764. The minimum absolute atomic E-state index is 0.764. The Labute approximate surface area is 94.1 Å². The van der Waals surface area contributed by atoms with Crippen LogP contribution in [0.15, 0.2) is 49.1 Å². The molecule has 0 aromatic rings. The molecular weight excluding hydrogens is 180 g/mol. The van der Waals surface area contributed by atoms with Gasteiger partial charge in [0.15, 0.2) is 0 Å². The van der Waals surface area contributed by atoms with Gasteiger partial charge in [0.05, 0.1) is 0 Å². The van der Waals surface area contributed by atoms with Crippen molar-refractivity contribution < 1.29 is 0 Å². The molecule has 0 spiro atoms. The third-order valence-electron chi connectivity index (χ3n) is 2.99. The van der Waals surface area contributed by atoms with Crippen LogP contribution in [0, 0.1) is 11.8 Å². The van der Waals surface area contributed by atoms with E-state index in [9.17, 15) is 0 Å². The van der Waals surface area contributed by atoms with Gasteiger partial charge in [-0.1, -0.05) is 42.5 Å². The molecule has 0 aromatic heterocycles. The fourth-order valence-corrected chi connectivity index (χ4v) is 2.10. The number of hydrogen-bond donors (Lipinski definition) is 0. The van der Waals surface area contributed by atoms with Crippen LogP contribution >= 0.6 is 0 Å². The summed E-state index contributed by atoms with van der Waals surface area (Å²) < 4.78 is 0. The number of hydrogen-bond acceptors (Lipinski definition) is 0. The SMILES string of the molecule is C=C1CC2C=CC1C2.C=CCCC=CC. The molecule has 2 aliphatic rings. The second-order valence-corrected chi connectivity index (χ2v) is 4.28. The number of fused-ring (bicyclic) bond motifs is 2. The first-order valence-corrected chi connectivity index (χ1v) is 5.86. The van der Waals surface area contributed by atoms with E-state index in [2.05, 4.69) is 37.5 Å².